The van der Waals surface area contributed by atoms with Gasteiger partial charge in [-0.05, 0) is 37.5 Å². The highest BCUT2D eigenvalue weighted by molar-refractivity contribution is 5.79. The minimum Gasteiger partial charge on any atom is -0.342 e. The summed E-state index contributed by atoms with van der Waals surface area (Å²) in [5, 5.41) is 0. The van der Waals surface area contributed by atoms with Gasteiger partial charge in [0.05, 0.1) is 0 Å². The van der Waals surface area contributed by atoms with Gasteiger partial charge in [-0.1, -0.05) is 26.0 Å². The van der Waals surface area contributed by atoms with Gasteiger partial charge < -0.3 is 4.90 Å². The number of rotatable bonds is 3. The van der Waals surface area contributed by atoms with E-state index in [1.165, 1.54) is 12.8 Å². The van der Waals surface area contributed by atoms with Crippen LogP contribution in [0.4, 0.5) is 0 Å². The SMILES string of the molecule is CCC(CC)C(=O)N1CC2CC=CCC2C1. The van der Waals surface area contributed by atoms with Crippen molar-refractivity contribution in [2.75, 3.05) is 13.1 Å². The normalized spacial score (nSPS) is 28.6. The fourth-order valence-corrected chi connectivity index (χ4v) is 3.09. The Labute approximate surface area is 98.7 Å². The van der Waals surface area contributed by atoms with Crippen LogP contribution in [0.15, 0.2) is 12.2 Å². The van der Waals surface area contributed by atoms with Crippen LogP contribution in [0.5, 0.6) is 0 Å². The molecule has 1 saturated heterocycles. The molecule has 1 amide bonds. The maximum Gasteiger partial charge on any atom is 0.225 e. The van der Waals surface area contributed by atoms with E-state index in [1.54, 1.807) is 0 Å². The molecule has 0 saturated carbocycles. The lowest BCUT2D eigenvalue weighted by atomic mass is 9.86. The Morgan fingerprint density at radius 1 is 1.19 bits per heavy atom. The largest absolute Gasteiger partial charge is 0.342 e. The van der Waals surface area contributed by atoms with Gasteiger partial charge in [0.2, 0.25) is 5.91 Å². The van der Waals surface area contributed by atoms with Gasteiger partial charge in [0.25, 0.3) is 0 Å². The summed E-state index contributed by atoms with van der Waals surface area (Å²) in [6.07, 6.45) is 8.89. The quantitative estimate of drug-likeness (QED) is 0.671. The molecule has 2 unspecified atom stereocenters. The van der Waals surface area contributed by atoms with Gasteiger partial charge >= 0.3 is 0 Å². The maximum atomic E-state index is 12.3. The van der Waals surface area contributed by atoms with Gasteiger partial charge in [0, 0.05) is 19.0 Å². The lowest BCUT2D eigenvalue weighted by Crippen LogP contribution is -2.34. The van der Waals surface area contributed by atoms with Crippen LogP contribution in [0.1, 0.15) is 39.5 Å². The number of fused-ring (bicyclic) bond motifs is 1. The number of likely N-dealkylation sites (tertiary alicyclic amines) is 1. The summed E-state index contributed by atoms with van der Waals surface area (Å²) in [5.41, 5.74) is 0. The van der Waals surface area contributed by atoms with E-state index < -0.39 is 0 Å². The molecular weight excluding hydrogens is 198 g/mol. The number of hydrogen-bond acceptors (Lipinski definition) is 1. The zero-order valence-electron chi connectivity index (χ0n) is 10.5. The Balaban J connectivity index is 1.95. The van der Waals surface area contributed by atoms with E-state index in [9.17, 15) is 4.79 Å². The van der Waals surface area contributed by atoms with Gasteiger partial charge in [-0.15, -0.1) is 0 Å². The fourth-order valence-electron chi connectivity index (χ4n) is 3.09. The molecule has 1 aliphatic heterocycles. The Hall–Kier alpha value is -0.790. The third-order valence-electron chi connectivity index (χ3n) is 4.27. The molecule has 2 atom stereocenters. The lowest BCUT2D eigenvalue weighted by molar-refractivity contribution is -0.134. The number of carbonyl (C=O) groups is 1. The maximum absolute atomic E-state index is 12.3. The van der Waals surface area contributed by atoms with Crippen molar-refractivity contribution in [1.82, 2.24) is 4.90 Å². The van der Waals surface area contributed by atoms with Gasteiger partial charge in [0.15, 0.2) is 0 Å². The molecule has 0 aromatic carbocycles. The molecule has 90 valence electrons. The zero-order chi connectivity index (χ0) is 11.5. The predicted octanol–water partition coefficient (Wildman–Crippen LogP) is 2.85. The first kappa shape index (κ1) is 11.7. The monoisotopic (exact) mass is 221 g/mol. The average molecular weight is 221 g/mol. The van der Waals surface area contributed by atoms with Crippen LogP contribution >= 0.6 is 0 Å². The van der Waals surface area contributed by atoms with Crippen molar-refractivity contribution in [3.63, 3.8) is 0 Å². The van der Waals surface area contributed by atoms with Crippen molar-refractivity contribution in [1.29, 1.82) is 0 Å². The van der Waals surface area contributed by atoms with Crippen LogP contribution in [-0.4, -0.2) is 23.9 Å². The highest BCUT2D eigenvalue weighted by Crippen LogP contribution is 2.33. The van der Waals surface area contributed by atoms with E-state index in [-0.39, 0.29) is 5.92 Å². The standard InChI is InChI=1S/C14H23NO/c1-3-11(4-2)14(16)15-9-12-7-5-6-8-13(12)10-15/h5-6,11-13H,3-4,7-10H2,1-2H3. The van der Waals surface area contributed by atoms with E-state index in [1.807, 2.05) is 0 Å². The smallest absolute Gasteiger partial charge is 0.225 e. The molecule has 1 aliphatic carbocycles. The first-order chi connectivity index (χ1) is 7.76. The van der Waals surface area contributed by atoms with Crippen LogP contribution < -0.4 is 0 Å². The van der Waals surface area contributed by atoms with Crippen molar-refractivity contribution in [2.24, 2.45) is 17.8 Å². The van der Waals surface area contributed by atoms with E-state index in [0.717, 1.165) is 37.8 Å². The van der Waals surface area contributed by atoms with Crippen molar-refractivity contribution in [3.8, 4) is 0 Å². The molecule has 0 aromatic heterocycles. The van der Waals surface area contributed by atoms with E-state index in [0.29, 0.717) is 5.91 Å². The minimum atomic E-state index is 0.258. The second-order valence-corrected chi connectivity index (χ2v) is 5.22. The van der Waals surface area contributed by atoms with Crippen molar-refractivity contribution in [2.45, 2.75) is 39.5 Å². The summed E-state index contributed by atoms with van der Waals surface area (Å²) >= 11 is 0. The number of allylic oxidation sites excluding steroid dienone is 2. The van der Waals surface area contributed by atoms with Crippen LogP contribution in [0.2, 0.25) is 0 Å². The summed E-state index contributed by atoms with van der Waals surface area (Å²) in [6.45, 7) is 6.25. The zero-order valence-corrected chi connectivity index (χ0v) is 10.5. The van der Waals surface area contributed by atoms with Crippen molar-refractivity contribution >= 4 is 5.91 Å². The van der Waals surface area contributed by atoms with Crippen molar-refractivity contribution < 1.29 is 4.79 Å². The highest BCUT2D eigenvalue weighted by atomic mass is 16.2. The van der Waals surface area contributed by atoms with E-state index in [2.05, 4.69) is 30.9 Å². The number of amides is 1. The number of carbonyl (C=O) groups excluding carboxylic acids is 1. The molecule has 0 bridgehead atoms. The minimum absolute atomic E-state index is 0.258. The molecule has 0 radical (unpaired) electrons. The molecular formula is C14H23NO. The summed E-state index contributed by atoms with van der Waals surface area (Å²) < 4.78 is 0. The number of hydrogen-bond donors (Lipinski definition) is 0. The molecule has 0 spiro atoms. The summed E-state index contributed by atoms with van der Waals surface area (Å²) in [4.78, 5) is 14.4. The highest BCUT2D eigenvalue weighted by Gasteiger charge is 2.36. The first-order valence-corrected chi connectivity index (χ1v) is 6.70. The lowest BCUT2D eigenvalue weighted by Gasteiger charge is -2.21. The van der Waals surface area contributed by atoms with Crippen LogP contribution in [0.3, 0.4) is 0 Å². The van der Waals surface area contributed by atoms with Gasteiger partial charge in [-0.25, -0.2) is 0 Å². The van der Waals surface area contributed by atoms with Crippen LogP contribution in [0, 0.1) is 17.8 Å². The van der Waals surface area contributed by atoms with Crippen LogP contribution in [-0.2, 0) is 4.79 Å². The second-order valence-electron chi connectivity index (χ2n) is 5.22. The molecule has 2 rings (SSSR count). The fraction of sp³-hybridized carbons (Fsp3) is 0.786. The summed E-state index contributed by atoms with van der Waals surface area (Å²) in [7, 11) is 0. The third-order valence-corrected chi connectivity index (χ3v) is 4.27. The molecule has 0 N–H and O–H groups in total. The number of nitrogens with zero attached hydrogens (tertiary/aromatic N) is 1. The Kier molecular flexibility index (Phi) is 3.67. The van der Waals surface area contributed by atoms with Gasteiger partial charge in [0.1, 0.15) is 0 Å². The predicted molar refractivity (Wildman–Crippen MR) is 66.0 cm³/mol. The summed E-state index contributed by atoms with van der Waals surface area (Å²) in [5.74, 6) is 2.14. The third kappa shape index (κ3) is 2.16. The van der Waals surface area contributed by atoms with E-state index >= 15 is 0 Å². The molecule has 16 heavy (non-hydrogen) atoms. The van der Waals surface area contributed by atoms with Gasteiger partial charge in [-0.2, -0.15) is 0 Å². The molecule has 1 fully saturated rings. The average Bonchev–Trinajstić information content (AvgIpc) is 2.74. The van der Waals surface area contributed by atoms with Gasteiger partial charge in [-0.3, -0.25) is 4.79 Å². The Bertz CT molecular complexity index is 264. The second kappa shape index (κ2) is 5.03. The van der Waals surface area contributed by atoms with Crippen molar-refractivity contribution in [3.05, 3.63) is 12.2 Å². The Morgan fingerprint density at radius 2 is 1.69 bits per heavy atom. The molecule has 0 aromatic rings. The Morgan fingerprint density at radius 3 is 2.12 bits per heavy atom. The van der Waals surface area contributed by atoms with Crippen LogP contribution in [0.25, 0.3) is 0 Å². The topological polar surface area (TPSA) is 20.3 Å². The van der Waals surface area contributed by atoms with E-state index in [4.69, 9.17) is 0 Å². The summed E-state index contributed by atoms with van der Waals surface area (Å²) in [6, 6.07) is 0. The molecule has 2 aliphatic rings. The molecule has 2 nitrogen and oxygen atoms in total. The molecule has 1 heterocycles. The molecule has 2 heteroatoms. The first-order valence-electron chi connectivity index (χ1n) is 6.70.